The number of H-pyrrole nitrogens is 1. The predicted molar refractivity (Wildman–Crippen MR) is 67.8 cm³/mol. The fourth-order valence-corrected chi connectivity index (χ4v) is 2.45. The molecule has 2 N–H and O–H groups in total. The van der Waals surface area contributed by atoms with Crippen molar-refractivity contribution in [3.05, 3.63) is 34.2 Å². The van der Waals surface area contributed by atoms with Gasteiger partial charge in [-0.2, -0.15) is 13.2 Å². The molecule has 1 fully saturated rings. The summed E-state index contributed by atoms with van der Waals surface area (Å²) in [6, 6.07) is 2.88. The number of carbonyl (C=O) groups excluding carboxylic acids is 1. The second-order valence-corrected chi connectivity index (χ2v) is 5.03. The highest BCUT2D eigenvalue weighted by Crippen LogP contribution is 2.31. The molecule has 2 rings (SSSR count). The van der Waals surface area contributed by atoms with Crippen LogP contribution in [-0.4, -0.2) is 46.3 Å². The van der Waals surface area contributed by atoms with Gasteiger partial charge in [0.15, 0.2) is 6.10 Å². The topological polar surface area (TPSA) is 73.4 Å². The van der Waals surface area contributed by atoms with Crippen molar-refractivity contribution >= 4 is 5.91 Å². The third-order valence-corrected chi connectivity index (χ3v) is 3.66. The Morgan fingerprint density at radius 1 is 1.38 bits per heavy atom. The number of aliphatic hydroxyl groups excluding tert-OH is 1. The van der Waals surface area contributed by atoms with Gasteiger partial charge in [-0.05, 0) is 30.9 Å². The number of aromatic nitrogens is 1. The van der Waals surface area contributed by atoms with Gasteiger partial charge in [-0.25, -0.2) is 0 Å². The Labute approximate surface area is 118 Å². The molecule has 8 heteroatoms. The molecule has 21 heavy (non-hydrogen) atoms. The third kappa shape index (κ3) is 3.44. The van der Waals surface area contributed by atoms with Gasteiger partial charge in [-0.1, -0.05) is 0 Å². The number of aromatic amines is 1. The number of rotatable bonds is 2. The van der Waals surface area contributed by atoms with Crippen molar-refractivity contribution in [2.24, 2.45) is 5.92 Å². The number of pyridine rings is 1. The molecule has 1 aromatic heterocycles. The van der Waals surface area contributed by atoms with E-state index in [-0.39, 0.29) is 31.5 Å². The first-order valence-corrected chi connectivity index (χ1v) is 6.52. The van der Waals surface area contributed by atoms with Gasteiger partial charge in [0.25, 0.3) is 11.5 Å². The summed E-state index contributed by atoms with van der Waals surface area (Å²) in [5.74, 6) is -1.42. The van der Waals surface area contributed by atoms with E-state index < -0.39 is 29.7 Å². The molecule has 0 bridgehead atoms. The van der Waals surface area contributed by atoms with Crippen LogP contribution in [0, 0.1) is 5.92 Å². The molecule has 1 aliphatic heterocycles. The standard InChI is InChI=1S/C13H15F3N2O3/c14-13(15,16)10(19)8-3-6-18(7-4-8)12(21)9-2-1-5-17-11(9)20/h1-2,5,8,10,19H,3-4,6-7H2,(H,17,20). The third-order valence-electron chi connectivity index (χ3n) is 3.66. The second kappa shape index (κ2) is 5.88. The van der Waals surface area contributed by atoms with Crippen LogP contribution in [0.1, 0.15) is 23.2 Å². The van der Waals surface area contributed by atoms with Crippen molar-refractivity contribution in [3.8, 4) is 0 Å². The number of aliphatic hydroxyl groups is 1. The Morgan fingerprint density at radius 2 is 2.00 bits per heavy atom. The van der Waals surface area contributed by atoms with E-state index in [1.54, 1.807) is 0 Å². The molecule has 2 heterocycles. The number of halogens is 3. The minimum Gasteiger partial charge on any atom is -0.383 e. The van der Waals surface area contributed by atoms with E-state index in [4.69, 9.17) is 0 Å². The maximum Gasteiger partial charge on any atom is 0.414 e. The highest BCUT2D eigenvalue weighted by atomic mass is 19.4. The highest BCUT2D eigenvalue weighted by Gasteiger charge is 2.44. The Balaban J connectivity index is 2.00. The SMILES string of the molecule is O=C(c1ccc[nH]c1=O)N1CCC(C(O)C(F)(F)F)CC1. The molecule has 1 aliphatic rings. The molecular weight excluding hydrogens is 289 g/mol. The van der Waals surface area contributed by atoms with Gasteiger partial charge in [-0.15, -0.1) is 0 Å². The zero-order valence-corrected chi connectivity index (χ0v) is 11.1. The van der Waals surface area contributed by atoms with Crippen molar-refractivity contribution < 1.29 is 23.1 Å². The molecule has 0 saturated carbocycles. The second-order valence-electron chi connectivity index (χ2n) is 5.03. The monoisotopic (exact) mass is 304 g/mol. The van der Waals surface area contributed by atoms with Crippen LogP contribution in [0.15, 0.2) is 23.1 Å². The number of likely N-dealkylation sites (tertiary alicyclic amines) is 1. The van der Waals surface area contributed by atoms with Gasteiger partial charge in [-0.3, -0.25) is 9.59 Å². The average Bonchev–Trinajstić information content (AvgIpc) is 2.45. The van der Waals surface area contributed by atoms with Gasteiger partial charge in [0.1, 0.15) is 5.56 Å². The molecule has 1 aromatic rings. The fraction of sp³-hybridized carbons (Fsp3) is 0.538. The van der Waals surface area contributed by atoms with Gasteiger partial charge in [0, 0.05) is 19.3 Å². The number of hydrogen-bond acceptors (Lipinski definition) is 3. The number of alkyl halides is 3. The molecule has 0 aromatic carbocycles. The van der Waals surface area contributed by atoms with Crippen LogP contribution in [0.4, 0.5) is 13.2 Å². The molecule has 0 aliphatic carbocycles. The largest absolute Gasteiger partial charge is 0.414 e. The summed E-state index contributed by atoms with van der Waals surface area (Å²) in [5.41, 5.74) is -0.563. The first kappa shape index (κ1) is 15.6. The lowest BCUT2D eigenvalue weighted by Crippen LogP contribution is -2.46. The van der Waals surface area contributed by atoms with Crippen LogP contribution in [0.2, 0.25) is 0 Å². The average molecular weight is 304 g/mol. The maximum atomic E-state index is 12.4. The quantitative estimate of drug-likeness (QED) is 0.861. The predicted octanol–water partition coefficient (Wildman–Crippen LogP) is 1.15. The van der Waals surface area contributed by atoms with Crippen LogP contribution in [-0.2, 0) is 0 Å². The Hall–Kier alpha value is -1.83. The lowest BCUT2D eigenvalue weighted by molar-refractivity contribution is -0.222. The summed E-state index contributed by atoms with van der Waals surface area (Å²) in [4.78, 5) is 27.3. The van der Waals surface area contributed by atoms with E-state index in [9.17, 15) is 27.9 Å². The smallest absolute Gasteiger partial charge is 0.383 e. The summed E-state index contributed by atoms with van der Waals surface area (Å²) >= 11 is 0. The minimum absolute atomic E-state index is 0.0349. The van der Waals surface area contributed by atoms with Crippen LogP contribution < -0.4 is 5.56 Å². The molecule has 0 radical (unpaired) electrons. The molecule has 1 atom stereocenters. The molecule has 0 spiro atoms. The van der Waals surface area contributed by atoms with Crippen molar-refractivity contribution in [2.75, 3.05) is 13.1 Å². The van der Waals surface area contributed by atoms with Crippen molar-refractivity contribution in [1.82, 2.24) is 9.88 Å². The number of hydrogen-bond donors (Lipinski definition) is 2. The number of piperidine rings is 1. The molecule has 116 valence electrons. The van der Waals surface area contributed by atoms with E-state index in [0.717, 1.165) is 0 Å². The summed E-state index contributed by atoms with van der Waals surface area (Å²) in [6.07, 6.45) is -5.51. The van der Waals surface area contributed by atoms with Crippen molar-refractivity contribution in [2.45, 2.75) is 25.1 Å². The van der Waals surface area contributed by atoms with E-state index in [2.05, 4.69) is 4.98 Å². The summed E-state index contributed by atoms with van der Waals surface area (Å²) in [6.45, 7) is 0.177. The van der Waals surface area contributed by atoms with Crippen LogP contribution in [0.3, 0.4) is 0 Å². The maximum absolute atomic E-state index is 12.4. The summed E-state index contributed by atoms with van der Waals surface area (Å²) in [7, 11) is 0. The molecule has 1 unspecified atom stereocenters. The summed E-state index contributed by atoms with van der Waals surface area (Å²) < 4.78 is 37.3. The first-order valence-electron chi connectivity index (χ1n) is 6.52. The van der Waals surface area contributed by atoms with Gasteiger partial charge >= 0.3 is 6.18 Å². The normalized spacial score (nSPS) is 18.6. The number of nitrogens with zero attached hydrogens (tertiary/aromatic N) is 1. The lowest BCUT2D eigenvalue weighted by Gasteiger charge is -2.34. The van der Waals surface area contributed by atoms with E-state index in [1.807, 2.05) is 0 Å². The van der Waals surface area contributed by atoms with E-state index in [0.29, 0.717) is 0 Å². The number of carbonyl (C=O) groups is 1. The van der Waals surface area contributed by atoms with E-state index >= 15 is 0 Å². The van der Waals surface area contributed by atoms with E-state index in [1.165, 1.54) is 23.2 Å². The van der Waals surface area contributed by atoms with Crippen LogP contribution >= 0.6 is 0 Å². The first-order chi connectivity index (χ1) is 9.80. The molecular formula is C13H15F3N2O3. The van der Waals surface area contributed by atoms with Crippen molar-refractivity contribution in [3.63, 3.8) is 0 Å². The lowest BCUT2D eigenvalue weighted by atomic mass is 9.90. The van der Waals surface area contributed by atoms with Crippen molar-refractivity contribution in [1.29, 1.82) is 0 Å². The van der Waals surface area contributed by atoms with Gasteiger partial charge in [0.2, 0.25) is 0 Å². The molecule has 5 nitrogen and oxygen atoms in total. The Morgan fingerprint density at radius 3 is 2.52 bits per heavy atom. The Kier molecular flexibility index (Phi) is 4.36. The number of nitrogens with one attached hydrogen (secondary N) is 1. The Bertz CT molecular complexity index is 562. The van der Waals surface area contributed by atoms with Gasteiger partial charge in [0.05, 0.1) is 0 Å². The fourth-order valence-electron chi connectivity index (χ4n) is 2.45. The number of amides is 1. The zero-order valence-electron chi connectivity index (χ0n) is 11.1. The summed E-state index contributed by atoms with van der Waals surface area (Å²) in [5, 5.41) is 9.21. The van der Waals surface area contributed by atoms with Crippen LogP contribution in [0.25, 0.3) is 0 Å². The van der Waals surface area contributed by atoms with Crippen LogP contribution in [0.5, 0.6) is 0 Å². The molecule has 1 amide bonds. The zero-order chi connectivity index (χ0) is 15.6. The minimum atomic E-state index is -4.65. The van der Waals surface area contributed by atoms with Gasteiger partial charge < -0.3 is 15.0 Å². The highest BCUT2D eigenvalue weighted by molar-refractivity contribution is 5.93. The molecule has 1 saturated heterocycles.